The van der Waals surface area contributed by atoms with Gasteiger partial charge in [0.25, 0.3) is 0 Å². The molecule has 0 aromatic heterocycles. The Morgan fingerprint density at radius 1 is 1.25 bits per heavy atom. The SMILES string of the molecule is COC(=O)C(C)=CC=C(Cl)c1ccccc1. The average Bonchev–Trinajstić information content (AvgIpc) is 2.35. The first-order chi connectivity index (χ1) is 7.65. The summed E-state index contributed by atoms with van der Waals surface area (Å²) in [7, 11) is 1.35. The van der Waals surface area contributed by atoms with Crippen molar-refractivity contribution in [2.45, 2.75) is 6.92 Å². The smallest absolute Gasteiger partial charge is 0.333 e. The van der Waals surface area contributed by atoms with Gasteiger partial charge in [0.05, 0.1) is 7.11 Å². The molecule has 1 aromatic carbocycles. The molecule has 0 unspecified atom stereocenters. The van der Waals surface area contributed by atoms with E-state index in [4.69, 9.17) is 11.6 Å². The minimum atomic E-state index is -0.353. The molecule has 3 heteroatoms. The van der Waals surface area contributed by atoms with Gasteiger partial charge in [-0.3, -0.25) is 0 Å². The maximum absolute atomic E-state index is 11.1. The molecule has 16 heavy (non-hydrogen) atoms. The zero-order valence-electron chi connectivity index (χ0n) is 9.24. The van der Waals surface area contributed by atoms with Crippen LogP contribution in [-0.4, -0.2) is 13.1 Å². The number of allylic oxidation sites excluding steroid dienone is 2. The molecule has 0 fully saturated rings. The molecule has 0 atom stereocenters. The second-order valence-electron chi connectivity index (χ2n) is 3.22. The molecule has 0 N–H and O–H groups in total. The van der Waals surface area contributed by atoms with Crippen LogP contribution in [0.15, 0.2) is 48.1 Å². The van der Waals surface area contributed by atoms with Gasteiger partial charge in [-0.1, -0.05) is 48.0 Å². The molecule has 0 aliphatic heterocycles. The van der Waals surface area contributed by atoms with Gasteiger partial charge in [-0.25, -0.2) is 4.79 Å². The molecule has 0 saturated carbocycles. The quantitative estimate of drug-likeness (QED) is 0.457. The highest BCUT2D eigenvalue weighted by atomic mass is 35.5. The molecule has 0 heterocycles. The van der Waals surface area contributed by atoms with Gasteiger partial charge in [0, 0.05) is 10.6 Å². The van der Waals surface area contributed by atoms with Crippen LogP contribution in [-0.2, 0) is 9.53 Å². The summed E-state index contributed by atoms with van der Waals surface area (Å²) in [6.07, 6.45) is 3.32. The van der Waals surface area contributed by atoms with Crippen LogP contribution in [0, 0.1) is 0 Å². The first-order valence-electron chi connectivity index (χ1n) is 4.83. The lowest BCUT2D eigenvalue weighted by Crippen LogP contribution is -2.00. The van der Waals surface area contributed by atoms with Gasteiger partial charge < -0.3 is 4.74 Å². The van der Waals surface area contributed by atoms with Crippen LogP contribution in [0.4, 0.5) is 0 Å². The van der Waals surface area contributed by atoms with Crippen molar-refractivity contribution in [1.29, 1.82) is 0 Å². The van der Waals surface area contributed by atoms with E-state index in [1.807, 2.05) is 30.3 Å². The Balaban J connectivity index is 2.83. The molecule has 0 aliphatic rings. The Morgan fingerprint density at radius 3 is 2.44 bits per heavy atom. The highest BCUT2D eigenvalue weighted by Crippen LogP contribution is 2.18. The molecule has 0 amide bonds. The molecule has 0 spiro atoms. The van der Waals surface area contributed by atoms with Crippen molar-refractivity contribution in [3.05, 3.63) is 53.6 Å². The van der Waals surface area contributed by atoms with Gasteiger partial charge in [-0.05, 0) is 18.6 Å². The van der Waals surface area contributed by atoms with Crippen molar-refractivity contribution in [2.24, 2.45) is 0 Å². The van der Waals surface area contributed by atoms with E-state index in [2.05, 4.69) is 4.74 Å². The van der Waals surface area contributed by atoms with E-state index in [1.54, 1.807) is 19.1 Å². The second-order valence-corrected chi connectivity index (χ2v) is 3.63. The van der Waals surface area contributed by atoms with E-state index in [-0.39, 0.29) is 5.97 Å². The van der Waals surface area contributed by atoms with Crippen LogP contribution < -0.4 is 0 Å². The number of ether oxygens (including phenoxy) is 1. The predicted molar refractivity (Wildman–Crippen MR) is 66.0 cm³/mol. The van der Waals surface area contributed by atoms with Crippen LogP contribution in [0.3, 0.4) is 0 Å². The number of carbonyl (C=O) groups is 1. The van der Waals surface area contributed by atoms with Crippen LogP contribution >= 0.6 is 11.6 Å². The van der Waals surface area contributed by atoms with Crippen molar-refractivity contribution in [1.82, 2.24) is 0 Å². The number of esters is 1. The van der Waals surface area contributed by atoms with Gasteiger partial charge in [0.2, 0.25) is 0 Å². The van der Waals surface area contributed by atoms with Crippen LogP contribution in [0.5, 0.6) is 0 Å². The molecule has 0 saturated heterocycles. The van der Waals surface area contributed by atoms with Gasteiger partial charge >= 0.3 is 5.97 Å². The zero-order valence-corrected chi connectivity index (χ0v) is 9.99. The topological polar surface area (TPSA) is 26.3 Å². The van der Waals surface area contributed by atoms with Gasteiger partial charge in [-0.2, -0.15) is 0 Å². The summed E-state index contributed by atoms with van der Waals surface area (Å²) in [4.78, 5) is 11.1. The fourth-order valence-corrected chi connectivity index (χ4v) is 1.31. The van der Waals surface area contributed by atoms with Crippen molar-refractivity contribution in [3.63, 3.8) is 0 Å². The van der Waals surface area contributed by atoms with Crippen molar-refractivity contribution in [2.75, 3.05) is 7.11 Å². The minimum Gasteiger partial charge on any atom is -0.466 e. The van der Waals surface area contributed by atoms with Crippen molar-refractivity contribution >= 4 is 22.6 Å². The number of halogens is 1. The van der Waals surface area contributed by atoms with Crippen molar-refractivity contribution in [3.8, 4) is 0 Å². The fourth-order valence-electron chi connectivity index (χ4n) is 1.12. The third kappa shape index (κ3) is 3.55. The zero-order chi connectivity index (χ0) is 12.0. The standard InChI is InChI=1S/C13H13ClO2/c1-10(13(15)16-2)8-9-12(14)11-6-4-3-5-7-11/h3-9H,1-2H3. The van der Waals surface area contributed by atoms with Gasteiger partial charge in [-0.15, -0.1) is 0 Å². The highest BCUT2D eigenvalue weighted by Gasteiger charge is 2.01. The monoisotopic (exact) mass is 236 g/mol. The Labute approximate surface area is 100 Å². The molecule has 0 aliphatic carbocycles. The summed E-state index contributed by atoms with van der Waals surface area (Å²) >= 11 is 6.06. The molecule has 0 radical (unpaired) electrons. The summed E-state index contributed by atoms with van der Waals surface area (Å²) in [5, 5.41) is 0.587. The largest absolute Gasteiger partial charge is 0.466 e. The van der Waals surface area contributed by atoms with Crippen LogP contribution in [0.1, 0.15) is 12.5 Å². The molecule has 1 rings (SSSR count). The average molecular weight is 237 g/mol. The normalized spacial score (nSPS) is 12.4. The van der Waals surface area contributed by atoms with Gasteiger partial charge in [0.15, 0.2) is 0 Å². The third-order valence-corrected chi connectivity index (χ3v) is 2.38. The lowest BCUT2D eigenvalue weighted by Gasteiger charge is -1.98. The van der Waals surface area contributed by atoms with E-state index >= 15 is 0 Å². The van der Waals surface area contributed by atoms with Gasteiger partial charge in [0.1, 0.15) is 0 Å². The lowest BCUT2D eigenvalue weighted by molar-refractivity contribution is -0.136. The maximum Gasteiger partial charge on any atom is 0.333 e. The number of benzene rings is 1. The lowest BCUT2D eigenvalue weighted by atomic mass is 10.2. The molecule has 0 bridgehead atoms. The van der Waals surface area contributed by atoms with Crippen LogP contribution in [0.2, 0.25) is 0 Å². The number of hydrogen-bond donors (Lipinski definition) is 0. The number of rotatable bonds is 3. The molecular formula is C13H13ClO2. The highest BCUT2D eigenvalue weighted by molar-refractivity contribution is 6.48. The Kier molecular flexibility index (Phi) is 4.80. The van der Waals surface area contributed by atoms with E-state index in [0.717, 1.165) is 5.56 Å². The summed E-state index contributed by atoms with van der Waals surface area (Å²) in [6, 6.07) is 9.54. The molecule has 84 valence electrons. The Bertz CT molecular complexity index is 419. The fraction of sp³-hybridized carbons (Fsp3) is 0.154. The summed E-state index contributed by atoms with van der Waals surface area (Å²) in [6.45, 7) is 1.68. The van der Waals surface area contributed by atoms with E-state index in [0.29, 0.717) is 10.6 Å². The summed E-state index contributed by atoms with van der Waals surface area (Å²) in [5.41, 5.74) is 1.43. The number of hydrogen-bond acceptors (Lipinski definition) is 2. The van der Waals surface area contributed by atoms with Crippen molar-refractivity contribution < 1.29 is 9.53 Å². The summed E-state index contributed by atoms with van der Waals surface area (Å²) in [5.74, 6) is -0.353. The van der Waals surface area contributed by atoms with E-state index < -0.39 is 0 Å². The molecular weight excluding hydrogens is 224 g/mol. The minimum absolute atomic E-state index is 0.353. The Morgan fingerprint density at radius 2 is 1.88 bits per heavy atom. The third-order valence-electron chi connectivity index (χ3n) is 2.04. The number of methoxy groups -OCH3 is 1. The molecule has 1 aromatic rings. The summed E-state index contributed by atoms with van der Waals surface area (Å²) < 4.78 is 4.57. The maximum atomic E-state index is 11.1. The van der Waals surface area contributed by atoms with E-state index in [9.17, 15) is 4.79 Å². The molecule has 2 nitrogen and oxygen atoms in total. The van der Waals surface area contributed by atoms with Crippen LogP contribution in [0.25, 0.3) is 5.03 Å². The predicted octanol–water partition coefficient (Wildman–Crippen LogP) is 3.39. The first-order valence-corrected chi connectivity index (χ1v) is 5.20. The Hall–Kier alpha value is -1.54. The number of carbonyl (C=O) groups excluding carboxylic acids is 1. The first kappa shape index (κ1) is 12.5. The van der Waals surface area contributed by atoms with E-state index in [1.165, 1.54) is 7.11 Å². The second kappa shape index (κ2) is 6.13.